The summed E-state index contributed by atoms with van der Waals surface area (Å²) in [5.41, 5.74) is 0.364. The molecule has 0 atom stereocenters. The number of halogens is 2. The number of hydrazine groups is 1. The second kappa shape index (κ2) is 5.66. The molecule has 0 aromatic heterocycles. The number of hydrogen-bond donors (Lipinski definition) is 1. The van der Waals surface area contributed by atoms with E-state index in [1.54, 1.807) is 24.3 Å². The molecule has 0 heterocycles. The molecule has 4 nitrogen and oxygen atoms in total. The van der Waals surface area contributed by atoms with Crippen molar-refractivity contribution in [3.05, 3.63) is 59.7 Å². The summed E-state index contributed by atoms with van der Waals surface area (Å²) in [6.45, 7) is 0. The van der Waals surface area contributed by atoms with Gasteiger partial charge in [-0.15, -0.1) is 0 Å². The van der Waals surface area contributed by atoms with Crippen LogP contribution in [0.15, 0.2) is 42.5 Å². The fourth-order valence-electron chi connectivity index (χ4n) is 1.63. The fourth-order valence-corrected chi connectivity index (χ4v) is 1.63. The van der Waals surface area contributed by atoms with Gasteiger partial charge in [-0.25, -0.2) is 19.6 Å². The van der Waals surface area contributed by atoms with Gasteiger partial charge in [0.25, 0.3) is 5.91 Å². The Kier molecular flexibility index (Phi) is 3.95. The lowest BCUT2D eigenvalue weighted by Gasteiger charge is -2.17. The van der Waals surface area contributed by atoms with E-state index < -0.39 is 17.5 Å². The van der Waals surface area contributed by atoms with E-state index in [0.717, 1.165) is 17.1 Å². The first kappa shape index (κ1) is 14.0. The Hall–Kier alpha value is -2.47. The summed E-state index contributed by atoms with van der Waals surface area (Å²) in [4.78, 5) is 12.0. The number of rotatable bonds is 3. The van der Waals surface area contributed by atoms with Crippen LogP contribution in [0.2, 0.25) is 0 Å². The van der Waals surface area contributed by atoms with Gasteiger partial charge in [-0.1, -0.05) is 0 Å². The van der Waals surface area contributed by atoms with Gasteiger partial charge in [0.05, 0.1) is 12.8 Å². The lowest BCUT2D eigenvalue weighted by atomic mass is 10.2. The van der Waals surface area contributed by atoms with Gasteiger partial charge in [0.1, 0.15) is 5.75 Å². The van der Waals surface area contributed by atoms with E-state index in [1.807, 2.05) is 0 Å². The quantitative estimate of drug-likeness (QED) is 0.533. The highest BCUT2D eigenvalue weighted by Gasteiger charge is 2.16. The van der Waals surface area contributed by atoms with E-state index in [2.05, 4.69) is 0 Å². The number of ether oxygens (including phenoxy) is 1. The predicted molar refractivity (Wildman–Crippen MR) is 70.3 cm³/mol. The van der Waals surface area contributed by atoms with Gasteiger partial charge in [0.15, 0.2) is 11.6 Å². The Morgan fingerprint density at radius 3 is 2.30 bits per heavy atom. The van der Waals surface area contributed by atoms with Crippen LogP contribution in [0.3, 0.4) is 0 Å². The molecular formula is C14H12F2N2O2. The zero-order valence-electron chi connectivity index (χ0n) is 10.6. The zero-order valence-corrected chi connectivity index (χ0v) is 10.6. The first-order chi connectivity index (χ1) is 9.52. The van der Waals surface area contributed by atoms with Crippen LogP contribution in [0.5, 0.6) is 5.75 Å². The lowest BCUT2D eigenvalue weighted by Crippen LogP contribution is -2.37. The van der Waals surface area contributed by atoms with Gasteiger partial charge in [0, 0.05) is 5.56 Å². The summed E-state index contributed by atoms with van der Waals surface area (Å²) >= 11 is 0. The minimum Gasteiger partial charge on any atom is -0.497 e. The molecule has 0 aliphatic rings. The molecule has 0 radical (unpaired) electrons. The van der Waals surface area contributed by atoms with E-state index >= 15 is 0 Å². The number of carbonyl (C=O) groups excluding carboxylic acids is 1. The number of anilines is 1. The van der Waals surface area contributed by atoms with Gasteiger partial charge in [-0.3, -0.25) is 4.79 Å². The van der Waals surface area contributed by atoms with Crippen LogP contribution >= 0.6 is 0 Å². The molecule has 2 aromatic rings. The van der Waals surface area contributed by atoms with Crippen molar-refractivity contribution >= 4 is 11.6 Å². The van der Waals surface area contributed by atoms with Crippen LogP contribution in [-0.2, 0) is 0 Å². The smallest absolute Gasteiger partial charge is 0.272 e. The average molecular weight is 278 g/mol. The maximum atomic E-state index is 13.1. The number of carbonyl (C=O) groups is 1. The molecule has 6 heteroatoms. The standard InChI is InChI=1S/C14H12F2N2O2/c1-20-11-5-3-10(4-6-11)18(17)14(19)9-2-7-12(15)13(16)8-9/h2-8H,17H2,1H3. The van der Waals surface area contributed by atoms with Gasteiger partial charge in [-0.05, 0) is 42.5 Å². The van der Waals surface area contributed by atoms with Gasteiger partial charge < -0.3 is 4.74 Å². The lowest BCUT2D eigenvalue weighted by molar-refractivity contribution is 0.0986. The first-order valence-electron chi connectivity index (χ1n) is 5.71. The third-order valence-corrected chi connectivity index (χ3v) is 2.74. The van der Waals surface area contributed by atoms with Crippen molar-refractivity contribution in [2.45, 2.75) is 0 Å². The molecule has 20 heavy (non-hydrogen) atoms. The van der Waals surface area contributed by atoms with Crippen molar-refractivity contribution in [3.8, 4) is 5.75 Å². The van der Waals surface area contributed by atoms with E-state index in [0.29, 0.717) is 11.4 Å². The molecule has 2 rings (SSSR count). The molecule has 0 aliphatic heterocycles. The Bertz CT molecular complexity index is 630. The highest BCUT2D eigenvalue weighted by Crippen LogP contribution is 2.19. The summed E-state index contributed by atoms with van der Waals surface area (Å²) in [5.74, 6) is 3.53. The van der Waals surface area contributed by atoms with Crippen molar-refractivity contribution in [2.24, 2.45) is 5.84 Å². The minimum absolute atomic E-state index is 0.0396. The van der Waals surface area contributed by atoms with Crippen molar-refractivity contribution < 1.29 is 18.3 Å². The summed E-state index contributed by atoms with van der Waals surface area (Å²) in [6, 6.07) is 9.28. The van der Waals surface area contributed by atoms with Crippen LogP contribution < -0.4 is 15.6 Å². The molecule has 0 unspecified atom stereocenters. The number of benzene rings is 2. The van der Waals surface area contributed by atoms with E-state index in [-0.39, 0.29) is 5.56 Å². The molecule has 2 N–H and O–H groups in total. The van der Waals surface area contributed by atoms with Gasteiger partial charge in [-0.2, -0.15) is 0 Å². The fraction of sp³-hybridized carbons (Fsp3) is 0.0714. The topological polar surface area (TPSA) is 55.6 Å². The second-order valence-corrected chi connectivity index (χ2v) is 4.00. The summed E-state index contributed by atoms with van der Waals surface area (Å²) in [7, 11) is 1.52. The summed E-state index contributed by atoms with van der Waals surface area (Å²) < 4.78 is 30.9. The summed E-state index contributed by atoms with van der Waals surface area (Å²) in [5, 5.41) is 0.853. The third-order valence-electron chi connectivity index (χ3n) is 2.74. The highest BCUT2D eigenvalue weighted by atomic mass is 19.2. The van der Waals surface area contributed by atoms with E-state index in [4.69, 9.17) is 10.6 Å². The second-order valence-electron chi connectivity index (χ2n) is 4.00. The molecule has 104 valence electrons. The zero-order chi connectivity index (χ0) is 14.7. The number of amides is 1. The molecule has 0 spiro atoms. The third kappa shape index (κ3) is 2.75. The van der Waals surface area contributed by atoms with Crippen molar-refractivity contribution in [2.75, 3.05) is 12.1 Å². The Balaban J connectivity index is 2.24. The maximum absolute atomic E-state index is 13.1. The predicted octanol–water partition coefficient (Wildman–Crippen LogP) is 2.49. The van der Waals surface area contributed by atoms with Crippen molar-refractivity contribution in [3.63, 3.8) is 0 Å². The number of nitrogens with zero attached hydrogens (tertiary/aromatic N) is 1. The Morgan fingerprint density at radius 2 is 1.75 bits per heavy atom. The minimum atomic E-state index is -1.10. The molecule has 0 saturated heterocycles. The number of hydrogen-bond acceptors (Lipinski definition) is 3. The maximum Gasteiger partial charge on any atom is 0.272 e. The molecule has 0 fully saturated rings. The average Bonchev–Trinajstić information content (AvgIpc) is 2.48. The molecule has 0 saturated carbocycles. The van der Waals surface area contributed by atoms with E-state index in [1.165, 1.54) is 13.2 Å². The Labute approximate surface area is 114 Å². The van der Waals surface area contributed by atoms with Crippen LogP contribution in [0.25, 0.3) is 0 Å². The molecule has 1 amide bonds. The molecule has 2 aromatic carbocycles. The van der Waals surface area contributed by atoms with Crippen LogP contribution in [0, 0.1) is 11.6 Å². The molecule has 0 aliphatic carbocycles. The number of nitrogens with two attached hydrogens (primary N) is 1. The van der Waals surface area contributed by atoms with Crippen molar-refractivity contribution in [1.82, 2.24) is 0 Å². The van der Waals surface area contributed by atoms with E-state index in [9.17, 15) is 13.6 Å². The SMILES string of the molecule is COc1ccc(N(N)C(=O)c2ccc(F)c(F)c2)cc1. The Morgan fingerprint density at radius 1 is 1.10 bits per heavy atom. The van der Waals surface area contributed by atoms with Crippen LogP contribution in [0.4, 0.5) is 14.5 Å². The van der Waals surface area contributed by atoms with Crippen LogP contribution in [0.1, 0.15) is 10.4 Å². The summed E-state index contributed by atoms with van der Waals surface area (Å²) in [6.07, 6.45) is 0. The molecular weight excluding hydrogens is 266 g/mol. The van der Waals surface area contributed by atoms with Gasteiger partial charge in [0.2, 0.25) is 0 Å². The largest absolute Gasteiger partial charge is 0.497 e. The normalized spacial score (nSPS) is 10.2. The molecule has 0 bridgehead atoms. The number of methoxy groups -OCH3 is 1. The van der Waals surface area contributed by atoms with Crippen molar-refractivity contribution in [1.29, 1.82) is 0 Å². The monoisotopic (exact) mass is 278 g/mol. The van der Waals surface area contributed by atoms with Crippen LogP contribution in [-0.4, -0.2) is 13.0 Å². The van der Waals surface area contributed by atoms with Gasteiger partial charge >= 0.3 is 0 Å². The highest BCUT2D eigenvalue weighted by molar-refractivity contribution is 6.05. The first-order valence-corrected chi connectivity index (χ1v) is 5.71.